The molecule has 0 aromatic heterocycles. The molecule has 1 N–H and O–H groups in total. The lowest BCUT2D eigenvalue weighted by Crippen LogP contribution is -2.19. The van der Waals surface area contributed by atoms with Crippen molar-refractivity contribution in [2.75, 3.05) is 0 Å². The molecule has 0 aliphatic heterocycles. The second kappa shape index (κ2) is 25.3. The van der Waals surface area contributed by atoms with E-state index in [1.54, 1.807) is 0 Å². The van der Waals surface area contributed by atoms with Gasteiger partial charge in [-0.3, -0.25) is 9.59 Å². The zero-order valence-electron chi connectivity index (χ0n) is 22.0. The average Bonchev–Trinajstić information content (AvgIpc) is 2.79. The van der Waals surface area contributed by atoms with E-state index in [1.807, 2.05) is 0 Å². The second-order valence-corrected chi connectivity index (χ2v) is 9.58. The Kier molecular flexibility index (Phi) is 24.3. The number of hydrogen-bond acceptors (Lipinski definition) is 3. The van der Waals surface area contributed by atoms with Crippen molar-refractivity contribution < 1.29 is 19.4 Å². The van der Waals surface area contributed by atoms with E-state index in [0.29, 0.717) is 12.8 Å². The molecule has 0 bridgehead atoms. The summed E-state index contributed by atoms with van der Waals surface area (Å²) in [4.78, 5) is 23.2. The maximum absolute atomic E-state index is 12.2. The predicted octanol–water partition coefficient (Wildman–Crippen LogP) is 9.16. The number of rotatable bonds is 25. The fraction of sp³-hybridized carbons (Fsp3) is 0.862. The van der Waals surface area contributed by atoms with E-state index in [0.717, 1.165) is 44.9 Å². The van der Waals surface area contributed by atoms with Gasteiger partial charge in [0.25, 0.3) is 0 Å². The lowest BCUT2D eigenvalue weighted by Gasteiger charge is -2.17. The first-order valence-corrected chi connectivity index (χ1v) is 14.2. The molecule has 0 radical (unpaired) electrons. The van der Waals surface area contributed by atoms with E-state index >= 15 is 0 Å². The van der Waals surface area contributed by atoms with Crippen LogP contribution in [0.5, 0.6) is 0 Å². The average molecular weight is 467 g/mol. The Morgan fingerprint density at radius 3 is 1.76 bits per heavy atom. The molecular formula is C29H54O4. The summed E-state index contributed by atoms with van der Waals surface area (Å²) in [7, 11) is 0. The first kappa shape index (κ1) is 31.7. The van der Waals surface area contributed by atoms with Gasteiger partial charge < -0.3 is 9.84 Å². The summed E-state index contributed by atoms with van der Waals surface area (Å²) in [6.45, 7) is 4.46. The topological polar surface area (TPSA) is 63.6 Å². The molecule has 4 nitrogen and oxygen atoms in total. The number of hydrogen-bond donors (Lipinski definition) is 1. The number of carboxylic acids is 1. The van der Waals surface area contributed by atoms with E-state index in [1.165, 1.54) is 77.0 Å². The molecule has 1 atom stereocenters. The van der Waals surface area contributed by atoms with Crippen molar-refractivity contribution >= 4 is 11.9 Å². The van der Waals surface area contributed by atoms with Crippen LogP contribution in [0, 0.1) is 0 Å². The van der Waals surface area contributed by atoms with Gasteiger partial charge in [0.15, 0.2) is 0 Å². The molecular weight excluding hydrogens is 412 g/mol. The van der Waals surface area contributed by atoms with Gasteiger partial charge in [-0.05, 0) is 44.9 Å². The Morgan fingerprint density at radius 1 is 0.636 bits per heavy atom. The van der Waals surface area contributed by atoms with Crippen molar-refractivity contribution in [3.63, 3.8) is 0 Å². The van der Waals surface area contributed by atoms with Crippen molar-refractivity contribution in [1.29, 1.82) is 0 Å². The Labute approximate surface area is 204 Å². The predicted molar refractivity (Wildman–Crippen MR) is 140 cm³/mol. The van der Waals surface area contributed by atoms with Crippen molar-refractivity contribution in [3.8, 4) is 0 Å². The lowest BCUT2D eigenvalue weighted by atomic mass is 10.0. The first-order valence-electron chi connectivity index (χ1n) is 14.2. The number of carbonyl (C=O) groups is 2. The summed E-state index contributed by atoms with van der Waals surface area (Å²) in [5.74, 6) is -0.969. The van der Waals surface area contributed by atoms with Crippen molar-refractivity contribution in [2.24, 2.45) is 0 Å². The zero-order chi connectivity index (χ0) is 24.4. The third kappa shape index (κ3) is 25.1. The molecule has 33 heavy (non-hydrogen) atoms. The van der Waals surface area contributed by atoms with Gasteiger partial charge in [0.1, 0.15) is 6.10 Å². The summed E-state index contributed by atoms with van der Waals surface area (Å²) in [6.07, 6.45) is 27.8. The lowest BCUT2D eigenvalue weighted by molar-refractivity contribution is -0.151. The molecule has 0 amide bonds. The van der Waals surface area contributed by atoms with Crippen molar-refractivity contribution in [1.82, 2.24) is 0 Å². The van der Waals surface area contributed by atoms with E-state index in [4.69, 9.17) is 9.84 Å². The molecule has 4 heteroatoms. The number of aliphatic carboxylic acids is 1. The molecule has 0 heterocycles. The number of carboxylic acid groups (broad SMARTS) is 1. The van der Waals surface area contributed by atoms with Crippen LogP contribution in [0.1, 0.15) is 155 Å². The highest BCUT2D eigenvalue weighted by Crippen LogP contribution is 2.17. The molecule has 0 rings (SSSR count). The van der Waals surface area contributed by atoms with Crippen LogP contribution >= 0.6 is 0 Å². The smallest absolute Gasteiger partial charge is 0.306 e. The van der Waals surface area contributed by atoms with Gasteiger partial charge in [0.2, 0.25) is 0 Å². The Morgan fingerprint density at radius 2 is 1.15 bits per heavy atom. The molecule has 194 valence electrons. The summed E-state index contributed by atoms with van der Waals surface area (Å²) in [6, 6.07) is 0. The fourth-order valence-electron chi connectivity index (χ4n) is 4.09. The molecule has 0 aromatic carbocycles. The monoisotopic (exact) mass is 466 g/mol. The Balaban J connectivity index is 3.85. The Hall–Kier alpha value is -1.32. The maximum Gasteiger partial charge on any atom is 0.306 e. The van der Waals surface area contributed by atoms with E-state index in [2.05, 4.69) is 26.0 Å². The van der Waals surface area contributed by atoms with Crippen LogP contribution in [0.3, 0.4) is 0 Å². The first-order chi connectivity index (χ1) is 16.1. The highest BCUT2D eigenvalue weighted by molar-refractivity contribution is 5.69. The van der Waals surface area contributed by atoms with Crippen LogP contribution in [0.15, 0.2) is 12.2 Å². The largest absolute Gasteiger partial charge is 0.481 e. The van der Waals surface area contributed by atoms with Crippen molar-refractivity contribution in [3.05, 3.63) is 12.2 Å². The maximum atomic E-state index is 12.2. The van der Waals surface area contributed by atoms with E-state index in [-0.39, 0.29) is 18.5 Å². The van der Waals surface area contributed by atoms with Crippen LogP contribution < -0.4 is 0 Å². The van der Waals surface area contributed by atoms with Gasteiger partial charge in [0.05, 0.1) is 0 Å². The normalized spacial score (nSPS) is 12.3. The molecule has 1 unspecified atom stereocenters. The van der Waals surface area contributed by atoms with Crippen LogP contribution in [0.4, 0.5) is 0 Å². The van der Waals surface area contributed by atoms with Gasteiger partial charge in [0, 0.05) is 12.8 Å². The number of unbranched alkanes of at least 4 members (excludes halogenated alkanes) is 15. The number of allylic oxidation sites excluding steroid dienone is 2. The molecule has 0 saturated carbocycles. The quantitative estimate of drug-likeness (QED) is 0.0827. The van der Waals surface area contributed by atoms with E-state index in [9.17, 15) is 9.59 Å². The molecule has 0 spiro atoms. The number of ether oxygens (including phenoxy) is 1. The highest BCUT2D eigenvalue weighted by atomic mass is 16.5. The molecule has 0 saturated heterocycles. The van der Waals surface area contributed by atoms with Gasteiger partial charge in [-0.2, -0.15) is 0 Å². The minimum absolute atomic E-state index is 0.0717. The third-order valence-electron chi connectivity index (χ3n) is 6.25. The zero-order valence-corrected chi connectivity index (χ0v) is 22.0. The minimum Gasteiger partial charge on any atom is -0.481 e. The third-order valence-corrected chi connectivity index (χ3v) is 6.25. The van der Waals surface area contributed by atoms with Gasteiger partial charge >= 0.3 is 11.9 Å². The van der Waals surface area contributed by atoms with Crippen LogP contribution in [-0.4, -0.2) is 23.1 Å². The fourth-order valence-corrected chi connectivity index (χ4v) is 4.09. The summed E-state index contributed by atoms with van der Waals surface area (Å²) in [5, 5.41) is 9.00. The molecule has 0 aliphatic carbocycles. The molecule has 0 fully saturated rings. The van der Waals surface area contributed by atoms with Gasteiger partial charge in [-0.1, -0.05) is 109 Å². The standard InChI is InChI=1S/C29H54O4/c1-3-5-7-9-11-13-14-16-18-20-22-24-29(32)33-27(25-26-28(30)31)23-21-19-17-15-12-10-8-6-4-2/h9,11,27H,3-8,10,12-26H2,1-2H3,(H,30,31)/b11-9-. The summed E-state index contributed by atoms with van der Waals surface area (Å²) in [5.41, 5.74) is 0. The van der Waals surface area contributed by atoms with Gasteiger partial charge in [-0.15, -0.1) is 0 Å². The van der Waals surface area contributed by atoms with Crippen LogP contribution in [0.2, 0.25) is 0 Å². The summed E-state index contributed by atoms with van der Waals surface area (Å²) >= 11 is 0. The Bertz CT molecular complexity index is 472. The molecule has 0 aliphatic rings. The van der Waals surface area contributed by atoms with E-state index < -0.39 is 5.97 Å². The minimum atomic E-state index is -0.816. The second-order valence-electron chi connectivity index (χ2n) is 9.58. The number of carbonyl (C=O) groups excluding carboxylic acids is 1. The summed E-state index contributed by atoms with van der Waals surface area (Å²) < 4.78 is 5.65. The SMILES string of the molecule is CCCC/C=C\CCCCCCCC(=O)OC(CCCCCCCCCCC)CCC(=O)O. The highest BCUT2D eigenvalue weighted by Gasteiger charge is 2.15. The van der Waals surface area contributed by atoms with Gasteiger partial charge in [-0.25, -0.2) is 0 Å². The number of esters is 1. The van der Waals surface area contributed by atoms with Crippen LogP contribution in [-0.2, 0) is 14.3 Å². The van der Waals surface area contributed by atoms with Crippen molar-refractivity contribution in [2.45, 2.75) is 161 Å². The van der Waals surface area contributed by atoms with Crippen LogP contribution in [0.25, 0.3) is 0 Å². The molecule has 0 aromatic rings.